The van der Waals surface area contributed by atoms with Crippen LogP contribution in [0.1, 0.15) is 38.7 Å². The lowest BCUT2D eigenvalue weighted by atomic mass is 10.0. The van der Waals surface area contributed by atoms with Crippen molar-refractivity contribution in [3.63, 3.8) is 0 Å². The van der Waals surface area contributed by atoms with Crippen molar-refractivity contribution in [2.24, 2.45) is 4.99 Å². The predicted molar refractivity (Wildman–Crippen MR) is 146 cm³/mol. The van der Waals surface area contributed by atoms with Gasteiger partial charge in [0.2, 0.25) is 5.90 Å². The van der Waals surface area contributed by atoms with E-state index in [1.807, 2.05) is 50.2 Å². The number of benzene rings is 2. The van der Waals surface area contributed by atoms with Gasteiger partial charge in [0.15, 0.2) is 0 Å². The highest BCUT2D eigenvalue weighted by molar-refractivity contribution is 6.43. The second kappa shape index (κ2) is 12.7. The Hall–Kier alpha value is -2.48. The van der Waals surface area contributed by atoms with Crippen molar-refractivity contribution in [3.05, 3.63) is 52.0 Å². The number of alkyl carbamates (subject to hydrolysis) is 1. The van der Waals surface area contributed by atoms with Crippen LogP contribution in [0.15, 0.2) is 41.4 Å². The summed E-state index contributed by atoms with van der Waals surface area (Å²) in [6, 6.07) is 11.8. The van der Waals surface area contributed by atoms with Crippen LogP contribution in [0, 0.1) is 0 Å². The number of amides is 1. The van der Waals surface area contributed by atoms with E-state index in [0.717, 1.165) is 74.7 Å². The number of aliphatic imine (C=N–C) groups is 1. The minimum atomic E-state index is -0.464. The maximum atomic E-state index is 11.9. The summed E-state index contributed by atoms with van der Waals surface area (Å²) in [5, 5.41) is 3.96. The summed E-state index contributed by atoms with van der Waals surface area (Å²) in [5.74, 6) is 1.23. The molecule has 0 atom stereocenters. The van der Waals surface area contributed by atoms with Gasteiger partial charge in [-0.2, -0.15) is 0 Å². The maximum Gasteiger partial charge on any atom is 0.413 e. The Balaban J connectivity index is 1.17. The van der Waals surface area contributed by atoms with E-state index in [1.165, 1.54) is 0 Å². The highest BCUT2D eigenvalue weighted by Crippen LogP contribution is 2.33. The molecule has 2 aromatic rings. The van der Waals surface area contributed by atoms with Gasteiger partial charge in [-0.3, -0.25) is 4.90 Å². The van der Waals surface area contributed by atoms with Gasteiger partial charge in [0.25, 0.3) is 0 Å². The SMILES string of the molecule is CC(C)NC(=O)OC1=Nc2cc(OCCCCN3CCN(c4cccc(Cl)c4Cl)CC3)ccc2CC1. The minimum absolute atomic E-state index is 0.0200. The third kappa shape index (κ3) is 7.28. The fourth-order valence-electron chi connectivity index (χ4n) is 4.40. The van der Waals surface area contributed by atoms with Crippen LogP contribution >= 0.6 is 23.2 Å². The van der Waals surface area contributed by atoms with Crippen LogP contribution in [-0.4, -0.2) is 62.3 Å². The molecule has 9 heteroatoms. The van der Waals surface area contributed by atoms with Gasteiger partial charge in [0.1, 0.15) is 5.75 Å². The van der Waals surface area contributed by atoms with Crippen LogP contribution < -0.4 is 15.0 Å². The van der Waals surface area contributed by atoms with Gasteiger partial charge in [-0.25, -0.2) is 9.79 Å². The zero-order chi connectivity index (χ0) is 25.5. The second-order valence-electron chi connectivity index (χ2n) is 9.44. The third-order valence-corrected chi connectivity index (χ3v) is 7.12. The summed E-state index contributed by atoms with van der Waals surface area (Å²) in [5.41, 5.74) is 2.96. The summed E-state index contributed by atoms with van der Waals surface area (Å²) >= 11 is 12.6. The molecule has 7 nitrogen and oxygen atoms in total. The molecule has 0 saturated carbocycles. The van der Waals surface area contributed by atoms with Crippen LogP contribution in [0.4, 0.5) is 16.2 Å². The van der Waals surface area contributed by atoms with Crippen molar-refractivity contribution in [1.82, 2.24) is 10.2 Å². The quantitative estimate of drug-likeness (QED) is 0.417. The molecule has 0 spiro atoms. The molecule has 1 fully saturated rings. The lowest BCUT2D eigenvalue weighted by Crippen LogP contribution is -2.46. The zero-order valence-corrected chi connectivity index (χ0v) is 22.4. The van der Waals surface area contributed by atoms with Crippen LogP contribution in [0.3, 0.4) is 0 Å². The Morgan fingerprint density at radius 3 is 2.67 bits per heavy atom. The maximum absolute atomic E-state index is 11.9. The standard InChI is InChI=1S/C27H34Cl2N4O3/c1-19(2)30-27(34)36-25-11-9-20-8-10-21(18-23(20)31-25)35-17-4-3-12-32-13-15-33(16-14-32)24-7-5-6-22(28)26(24)29/h5-8,10,18-19H,3-4,9,11-17H2,1-2H3,(H,30,34). The third-order valence-electron chi connectivity index (χ3n) is 6.31. The van der Waals surface area contributed by atoms with E-state index in [2.05, 4.69) is 20.1 Å². The lowest BCUT2D eigenvalue weighted by molar-refractivity contribution is 0.193. The number of unbranched alkanes of at least 4 members (excludes halogenated alkanes) is 1. The van der Waals surface area contributed by atoms with Crippen molar-refractivity contribution < 1.29 is 14.3 Å². The first-order valence-electron chi connectivity index (χ1n) is 12.6. The molecule has 2 aliphatic rings. The van der Waals surface area contributed by atoms with Crippen LogP contribution in [-0.2, 0) is 11.2 Å². The first-order valence-corrected chi connectivity index (χ1v) is 13.4. The van der Waals surface area contributed by atoms with Gasteiger partial charge < -0.3 is 19.7 Å². The number of aryl methyl sites for hydroxylation is 1. The van der Waals surface area contributed by atoms with Gasteiger partial charge in [0.05, 0.1) is 28.0 Å². The first kappa shape index (κ1) is 26.6. The molecular formula is C27H34Cl2N4O3. The van der Waals surface area contributed by atoms with Crippen molar-refractivity contribution in [2.75, 3.05) is 44.2 Å². The Bertz CT molecular complexity index is 1080. The molecule has 1 amide bonds. The number of carbonyl (C=O) groups is 1. The zero-order valence-electron chi connectivity index (χ0n) is 20.9. The van der Waals surface area contributed by atoms with Crippen LogP contribution in [0.2, 0.25) is 10.0 Å². The summed E-state index contributed by atoms with van der Waals surface area (Å²) in [6.07, 6.45) is 2.99. The second-order valence-corrected chi connectivity index (χ2v) is 10.2. The fourth-order valence-corrected chi connectivity index (χ4v) is 4.82. The number of halogens is 2. The van der Waals surface area contributed by atoms with E-state index in [-0.39, 0.29) is 6.04 Å². The van der Waals surface area contributed by atoms with Gasteiger partial charge in [-0.1, -0.05) is 35.3 Å². The molecule has 2 heterocycles. The molecule has 2 aliphatic heterocycles. The highest BCUT2D eigenvalue weighted by atomic mass is 35.5. The van der Waals surface area contributed by atoms with Gasteiger partial charge in [0, 0.05) is 44.7 Å². The number of hydrogen-bond acceptors (Lipinski definition) is 6. The molecule has 36 heavy (non-hydrogen) atoms. The largest absolute Gasteiger partial charge is 0.494 e. The molecule has 0 radical (unpaired) electrons. The highest BCUT2D eigenvalue weighted by Gasteiger charge is 2.20. The topological polar surface area (TPSA) is 66.4 Å². The smallest absolute Gasteiger partial charge is 0.413 e. The average Bonchev–Trinajstić information content (AvgIpc) is 2.85. The number of ether oxygens (including phenoxy) is 2. The van der Waals surface area contributed by atoms with E-state index < -0.39 is 6.09 Å². The number of nitrogens with zero attached hydrogens (tertiary/aromatic N) is 3. The number of rotatable bonds is 8. The van der Waals surface area contributed by atoms with Gasteiger partial charge in [-0.15, -0.1) is 0 Å². The molecule has 1 saturated heterocycles. The number of piperazine rings is 1. The summed E-state index contributed by atoms with van der Waals surface area (Å²) < 4.78 is 11.3. The Labute approximate surface area is 223 Å². The molecule has 2 aromatic carbocycles. The van der Waals surface area contributed by atoms with Crippen molar-refractivity contribution >= 4 is 46.6 Å². The van der Waals surface area contributed by atoms with Gasteiger partial charge in [-0.05, 0) is 63.4 Å². The van der Waals surface area contributed by atoms with E-state index in [4.69, 9.17) is 32.7 Å². The monoisotopic (exact) mass is 532 g/mol. The van der Waals surface area contributed by atoms with Crippen molar-refractivity contribution in [3.8, 4) is 5.75 Å². The molecule has 0 unspecified atom stereocenters. The van der Waals surface area contributed by atoms with Crippen molar-refractivity contribution in [2.45, 2.75) is 45.6 Å². The van der Waals surface area contributed by atoms with Crippen molar-refractivity contribution in [1.29, 1.82) is 0 Å². The molecule has 1 N–H and O–H groups in total. The number of carbonyl (C=O) groups excluding carboxylic acids is 1. The summed E-state index contributed by atoms with van der Waals surface area (Å²) in [7, 11) is 0. The van der Waals surface area contributed by atoms with Crippen LogP contribution in [0.5, 0.6) is 5.75 Å². The first-order chi connectivity index (χ1) is 17.4. The van der Waals surface area contributed by atoms with E-state index in [9.17, 15) is 4.79 Å². The number of nitrogens with one attached hydrogen (secondary N) is 1. The molecule has 4 rings (SSSR count). The summed E-state index contributed by atoms with van der Waals surface area (Å²) in [4.78, 5) is 21.2. The van der Waals surface area contributed by atoms with Gasteiger partial charge >= 0.3 is 6.09 Å². The minimum Gasteiger partial charge on any atom is -0.494 e. The lowest BCUT2D eigenvalue weighted by Gasteiger charge is -2.36. The van der Waals surface area contributed by atoms with E-state index in [0.29, 0.717) is 29.0 Å². The van der Waals surface area contributed by atoms with E-state index >= 15 is 0 Å². The normalized spacial score (nSPS) is 15.9. The molecule has 0 aliphatic carbocycles. The number of hydrogen-bond donors (Lipinski definition) is 1. The Kier molecular flexibility index (Phi) is 9.35. The Morgan fingerprint density at radius 2 is 1.89 bits per heavy atom. The number of anilines is 1. The number of fused-ring (bicyclic) bond motifs is 1. The predicted octanol–water partition coefficient (Wildman–Crippen LogP) is 6.09. The fraction of sp³-hybridized carbons (Fsp3) is 0.481. The molecule has 0 bridgehead atoms. The molecule has 194 valence electrons. The molecule has 0 aromatic heterocycles. The average molecular weight is 534 g/mol. The van der Waals surface area contributed by atoms with E-state index in [1.54, 1.807) is 0 Å². The summed E-state index contributed by atoms with van der Waals surface area (Å²) in [6.45, 7) is 9.38. The Morgan fingerprint density at radius 1 is 1.08 bits per heavy atom. The van der Waals surface area contributed by atoms with Crippen LogP contribution in [0.25, 0.3) is 0 Å². The molecular weight excluding hydrogens is 499 g/mol.